The van der Waals surface area contributed by atoms with Gasteiger partial charge < -0.3 is 10.2 Å². The smallest absolute Gasteiger partial charge is 0.303 e. The molecular weight excluding hydrogens is 460 g/mol. The number of aliphatic hydroxyl groups excluding tert-OH is 1. The zero-order chi connectivity index (χ0) is 20.5. The van der Waals surface area contributed by atoms with Gasteiger partial charge >= 0.3 is 5.97 Å². The summed E-state index contributed by atoms with van der Waals surface area (Å²) >= 11 is 6.80. The van der Waals surface area contributed by atoms with Gasteiger partial charge in [-0.15, -0.1) is 23.1 Å². The first-order valence-corrected chi connectivity index (χ1v) is 12.1. The van der Waals surface area contributed by atoms with Gasteiger partial charge in [-0.2, -0.15) is 0 Å². The monoisotopic (exact) mass is 486 g/mol. The standard InChI is InChI=1S/C21H27BrO4S2/c1-14-18(22)13-17(28-14)10-9-16(23)8-6-15-7-11-19(24)21(15)27-12-4-2-3-5-20(25)26/h4,6,8,12-13,15,19,21,24H,2-3,5,7,9-11H2,1H3,(H,25,26)/b8-6+,12-4-/t15-,19?,21+/m0/s1. The summed E-state index contributed by atoms with van der Waals surface area (Å²) in [7, 11) is 0. The number of carboxylic acid groups (broad SMARTS) is 1. The highest BCUT2D eigenvalue weighted by molar-refractivity contribution is 9.10. The summed E-state index contributed by atoms with van der Waals surface area (Å²) in [6.45, 7) is 2.06. The topological polar surface area (TPSA) is 74.6 Å². The zero-order valence-corrected chi connectivity index (χ0v) is 19.2. The summed E-state index contributed by atoms with van der Waals surface area (Å²) in [6, 6.07) is 2.08. The maximum Gasteiger partial charge on any atom is 0.303 e. The fourth-order valence-corrected chi connectivity index (χ4v) is 5.94. The minimum absolute atomic E-state index is 0.0516. The number of aliphatic hydroxyl groups is 1. The molecule has 0 aliphatic heterocycles. The molecule has 154 valence electrons. The van der Waals surface area contributed by atoms with Crippen LogP contribution in [0.15, 0.2) is 34.2 Å². The maximum atomic E-state index is 12.2. The molecule has 1 saturated carbocycles. The van der Waals surface area contributed by atoms with E-state index in [1.165, 1.54) is 9.75 Å². The van der Waals surface area contributed by atoms with E-state index < -0.39 is 5.97 Å². The molecule has 1 fully saturated rings. The van der Waals surface area contributed by atoms with Crippen molar-refractivity contribution in [1.82, 2.24) is 0 Å². The molecule has 0 aromatic carbocycles. The van der Waals surface area contributed by atoms with Crippen LogP contribution in [0.4, 0.5) is 0 Å². The number of ketones is 1. The van der Waals surface area contributed by atoms with Crippen LogP contribution in [0.25, 0.3) is 0 Å². The number of halogens is 1. The lowest BCUT2D eigenvalue weighted by Crippen LogP contribution is -2.20. The van der Waals surface area contributed by atoms with Crippen LogP contribution in [0.2, 0.25) is 0 Å². The highest BCUT2D eigenvalue weighted by Crippen LogP contribution is 2.37. The number of allylic oxidation sites excluding steroid dienone is 3. The summed E-state index contributed by atoms with van der Waals surface area (Å²) < 4.78 is 1.10. The molecule has 1 unspecified atom stereocenters. The Morgan fingerprint density at radius 2 is 2.14 bits per heavy atom. The van der Waals surface area contributed by atoms with Gasteiger partial charge in [0.1, 0.15) is 0 Å². The van der Waals surface area contributed by atoms with Crippen molar-refractivity contribution in [1.29, 1.82) is 0 Å². The van der Waals surface area contributed by atoms with Gasteiger partial charge in [0.15, 0.2) is 5.78 Å². The van der Waals surface area contributed by atoms with E-state index >= 15 is 0 Å². The predicted octanol–water partition coefficient (Wildman–Crippen LogP) is 5.52. The van der Waals surface area contributed by atoms with Gasteiger partial charge in [0.25, 0.3) is 0 Å². The number of unbranched alkanes of at least 4 members (excludes halogenated alkanes) is 1. The molecule has 3 atom stereocenters. The number of hydrogen-bond acceptors (Lipinski definition) is 5. The van der Waals surface area contributed by atoms with Crippen molar-refractivity contribution >= 4 is 50.8 Å². The molecule has 2 rings (SSSR count). The third-order valence-corrected chi connectivity index (χ3v) is 8.27. The average molecular weight is 487 g/mol. The molecule has 1 heterocycles. The van der Waals surface area contributed by atoms with Crippen LogP contribution in [0, 0.1) is 12.8 Å². The van der Waals surface area contributed by atoms with Crippen LogP contribution in [-0.2, 0) is 16.0 Å². The van der Waals surface area contributed by atoms with Crippen molar-refractivity contribution in [2.75, 3.05) is 0 Å². The van der Waals surface area contributed by atoms with Gasteiger partial charge in [0.05, 0.1) is 6.10 Å². The van der Waals surface area contributed by atoms with Crippen molar-refractivity contribution in [3.63, 3.8) is 0 Å². The van der Waals surface area contributed by atoms with Crippen LogP contribution in [-0.4, -0.2) is 33.3 Å². The molecule has 0 radical (unpaired) electrons. The van der Waals surface area contributed by atoms with Crippen LogP contribution < -0.4 is 0 Å². The van der Waals surface area contributed by atoms with Gasteiger partial charge in [-0.25, -0.2) is 0 Å². The summed E-state index contributed by atoms with van der Waals surface area (Å²) in [5.74, 6) is -0.466. The molecule has 7 heteroatoms. The summed E-state index contributed by atoms with van der Waals surface area (Å²) in [5, 5.41) is 20.9. The van der Waals surface area contributed by atoms with E-state index in [1.54, 1.807) is 29.2 Å². The second-order valence-corrected chi connectivity index (χ2v) is 10.3. The minimum Gasteiger partial charge on any atom is -0.481 e. The molecular formula is C21H27BrO4S2. The molecule has 1 aromatic heterocycles. The average Bonchev–Trinajstić information content (AvgIpc) is 3.16. The lowest BCUT2D eigenvalue weighted by Gasteiger charge is -2.17. The van der Waals surface area contributed by atoms with Gasteiger partial charge in [0.2, 0.25) is 0 Å². The highest BCUT2D eigenvalue weighted by Gasteiger charge is 2.33. The number of carbonyl (C=O) groups is 2. The van der Waals surface area contributed by atoms with Crippen LogP contribution in [0.5, 0.6) is 0 Å². The first kappa shape index (κ1) is 23.4. The summed E-state index contributed by atoms with van der Waals surface area (Å²) in [4.78, 5) is 25.2. The molecule has 0 spiro atoms. The van der Waals surface area contributed by atoms with E-state index in [4.69, 9.17) is 5.11 Å². The number of aryl methyl sites for hydroxylation is 2. The molecule has 0 saturated heterocycles. The van der Waals surface area contributed by atoms with Crippen LogP contribution in [0.3, 0.4) is 0 Å². The second-order valence-electron chi connectivity index (χ2n) is 7.01. The van der Waals surface area contributed by atoms with E-state index in [-0.39, 0.29) is 29.5 Å². The molecule has 0 amide bonds. The van der Waals surface area contributed by atoms with E-state index in [0.717, 1.165) is 30.2 Å². The molecule has 1 aliphatic carbocycles. The van der Waals surface area contributed by atoms with Gasteiger partial charge in [-0.05, 0) is 78.4 Å². The molecule has 1 aliphatic rings. The summed E-state index contributed by atoms with van der Waals surface area (Å²) in [5.41, 5.74) is 0. The second kappa shape index (κ2) is 12.0. The van der Waals surface area contributed by atoms with Crippen molar-refractivity contribution in [2.24, 2.45) is 5.92 Å². The van der Waals surface area contributed by atoms with E-state index in [2.05, 4.69) is 28.9 Å². The quantitative estimate of drug-likeness (QED) is 0.318. The maximum absolute atomic E-state index is 12.2. The minimum atomic E-state index is -0.774. The fraction of sp³-hybridized carbons (Fsp3) is 0.524. The molecule has 1 aromatic rings. The van der Waals surface area contributed by atoms with E-state index in [9.17, 15) is 14.7 Å². The molecule has 28 heavy (non-hydrogen) atoms. The first-order valence-electron chi connectivity index (χ1n) is 9.53. The SMILES string of the molecule is Cc1sc(CCC(=O)/C=C/[C@H]2CCC(O)[C@@H]2S/C=C\CCCC(=O)O)cc1Br. The Kier molecular flexibility index (Phi) is 9.99. The largest absolute Gasteiger partial charge is 0.481 e. The number of hydrogen-bond donors (Lipinski definition) is 2. The number of carbonyl (C=O) groups excluding carboxylic acids is 1. The van der Waals surface area contributed by atoms with Crippen molar-refractivity contribution in [3.8, 4) is 0 Å². The van der Waals surface area contributed by atoms with Gasteiger partial charge in [0, 0.05) is 32.3 Å². The Bertz CT molecular complexity index is 706. The number of rotatable bonds is 11. The fourth-order valence-electron chi connectivity index (χ4n) is 3.16. The van der Waals surface area contributed by atoms with Crippen molar-refractivity contribution in [3.05, 3.63) is 43.9 Å². The van der Waals surface area contributed by atoms with Crippen LogP contribution in [0.1, 0.15) is 48.3 Å². The Labute approximate surface area is 183 Å². The molecule has 2 N–H and O–H groups in total. The third-order valence-electron chi connectivity index (χ3n) is 4.75. The number of thioether (sulfide) groups is 1. The Hall–Kier alpha value is -0.890. The Balaban J connectivity index is 1.77. The van der Waals surface area contributed by atoms with Crippen LogP contribution >= 0.6 is 39.0 Å². The van der Waals surface area contributed by atoms with Gasteiger partial charge in [-0.3, -0.25) is 9.59 Å². The van der Waals surface area contributed by atoms with Crippen molar-refractivity contribution < 1.29 is 19.8 Å². The molecule has 0 bridgehead atoms. The van der Waals surface area contributed by atoms with E-state index in [0.29, 0.717) is 12.8 Å². The van der Waals surface area contributed by atoms with Gasteiger partial charge in [-0.1, -0.05) is 12.2 Å². The number of thiophene rings is 1. The molecule has 4 nitrogen and oxygen atoms in total. The Morgan fingerprint density at radius 1 is 1.36 bits per heavy atom. The third kappa shape index (κ3) is 7.85. The number of carboxylic acids is 1. The zero-order valence-electron chi connectivity index (χ0n) is 16.0. The highest BCUT2D eigenvalue weighted by atomic mass is 79.9. The lowest BCUT2D eigenvalue weighted by molar-refractivity contribution is -0.137. The Morgan fingerprint density at radius 3 is 2.82 bits per heavy atom. The predicted molar refractivity (Wildman–Crippen MR) is 120 cm³/mol. The van der Waals surface area contributed by atoms with Crippen molar-refractivity contribution in [2.45, 2.75) is 63.2 Å². The number of aliphatic carboxylic acids is 1. The summed E-state index contributed by atoms with van der Waals surface area (Å²) in [6.07, 6.45) is 9.64. The van der Waals surface area contributed by atoms with E-state index in [1.807, 2.05) is 17.6 Å². The first-order chi connectivity index (χ1) is 13.4. The lowest BCUT2D eigenvalue weighted by atomic mass is 10.1. The normalized spacial score (nSPS) is 22.5.